The van der Waals surface area contributed by atoms with Crippen molar-refractivity contribution in [3.05, 3.63) is 41.7 Å². The van der Waals surface area contributed by atoms with Gasteiger partial charge in [-0.1, -0.05) is 0 Å². The van der Waals surface area contributed by atoms with Crippen molar-refractivity contribution >= 4 is 23.2 Å². The average molecular weight is 454 g/mol. The van der Waals surface area contributed by atoms with Gasteiger partial charge in [-0.15, -0.1) is 0 Å². The Hall–Kier alpha value is -3.27. The van der Waals surface area contributed by atoms with Crippen molar-refractivity contribution in [1.82, 2.24) is 24.7 Å². The number of hydrogen-bond acceptors (Lipinski definition) is 7. The van der Waals surface area contributed by atoms with Gasteiger partial charge in [-0.05, 0) is 39.7 Å². The van der Waals surface area contributed by atoms with Crippen LogP contribution in [0.25, 0.3) is 5.65 Å². The van der Waals surface area contributed by atoms with Crippen LogP contribution in [-0.4, -0.2) is 58.0 Å². The van der Waals surface area contributed by atoms with E-state index in [9.17, 15) is 9.18 Å². The van der Waals surface area contributed by atoms with Gasteiger partial charge in [0.05, 0.1) is 18.0 Å². The Morgan fingerprint density at radius 1 is 1.33 bits per heavy atom. The molecule has 5 heterocycles. The minimum atomic E-state index is -0.516. The van der Waals surface area contributed by atoms with Crippen LogP contribution in [0.2, 0.25) is 0 Å². The number of nitrogens with zero attached hydrogens (tertiary/aromatic N) is 5. The molecule has 0 aliphatic carbocycles. The predicted molar refractivity (Wildman–Crippen MR) is 122 cm³/mol. The Kier molecular flexibility index (Phi) is 5.61. The fraction of sp³-hybridized carbons (Fsp3) is 0.478. The van der Waals surface area contributed by atoms with Gasteiger partial charge in [0, 0.05) is 49.7 Å². The number of rotatable bonds is 5. The molecule has 0 bridgehead atoms. The molecule has 1 amide bonds. The molecule has 2 aliphatic heterocycles. The summed E-state index contributed by atoms with van der Waals surface area (Å²) < 4.78 is 21.7. The molecule has 5 rings (SSSR count). The fourth-order valence-electron chi connectivity index (χ4n) is 4.88. The highest BCUT2D eigenvalue weighted by Crippen LogP contribution is 2.37. The number of imidazole rings is 1. The molecule has 1 spiro atoms. The Morgan fingerprint density at radius 2 is 2.21 bits per heavy atom. The first-order valence-electron chi connectivity index (χ1n) is 11.4. The fourth-order valence-corrected chi connectivity index (χ4v) is 4.88. The van der Waals surface area contributed by atoms with E-state index in [1.807, 2.05) is 6.92 Å². The van der Waals surface area contributed by atoms with Crippen molar-refractivity contribution in [2.24, 2.45) is 5.41 Å². The molecule has 174 valence electrons. The standard InChI is InChI=1S/C23H28FN7O2/c1-3-33-21-17(20(32)28-16-9-18(24)19-27-15(2)11-31(19)12-16)10-26-22(29-21)30-8-4-5-23(14-30)6-7-25-13-23/h9-12,25H,3-8,13-14H2,1-2H3,(H,28,32). The first kappa shape index (κ1) is 21.6. The number of aryl methyl sites for hydroxylation is 1. The third-order valence-corrected chi connectivity index (χ3v) is 6.43. The summed E-state index contributed by atoms with van der Waals surface area (Å²) in [6.45, 7) is 7.81. The quantitative estimate of drug-likeness (QED) is 0.613. The van der Waals surface area contributed by atoms with E-state index in [0.717, 1.165) is 39.0 Å². The molecule has 0 saturated carbocycles. The predicted octanol–water partition coefficient (Wildman–Crippen LogP) is 2.80. The van der Waals surface area contributed by atoms with Crippen LogP contribution in [0.1, 0.15) is 42.2 Å². The van der Waals surface area contributed by atoms with Gasteiger partial charge in [0.25, 0.3) is 5.91 Å². The number of anilines is 2. The van der Waals surface area contributed by atoms with Crippen LogP contribution >= 0.6 is 0 Å². The molecule has 0 aromatic carbocycles. The monoisotopic (exact) mass is 453 g/mol. The van der Waals surface area contributed by atoms with E-state index in [2.05, 4.69) is 30.5 Å². The molecule has 0 radical (unpaired) electrons. The summed E-state index contributed by atoms with van der Waals surface area (Å²) in [5.74, 6) is -0.180. The van der Waals surface area contributed by atoms with Crippen molar-refractivity contribution in [1.29, 1.82) is 0 Å². The first-order chi connectivity index (χ1) is 16.0. The van der Waals surface area contributed by atoms with E-state index in [-0.39, 0.29) is 22.5 Å². The Bertz CT molecular complexity index is 1190. The molecule has 33 heavy (non-hydrogen) atoms. The third-order valence-electron chi connectivity index (χ3n) is 6.43. The Morgan fingerprint density at radius 3 is 3.00 bits per heavy atom. The molecule has 1 atom stereocenters. The van der Waals surface area contributed by atoms with E-state index < -0.39 is 11.7 Å². The molecule has 10 heteroatoms. The van der Waals surface area contributed by atoms with Crippen LogP contribution in [0, 0.1) is 18.2 Å². The minimum absolute atomic E-state index is 0.206. The number of aromatic nitrogens is 4. The zero-order valence-electron chi connectivity index (χ0n) is 18.9. The topological polar surface area (TPSA) is 96.7 Å². The van der Waals surface area contributed by atoms with Gasteiger partial charge in [-0.25, -0.2) is 14.4 Å². The molecule has 3 aromatic rings. The van der Waals surface area contributed by atoms with Crippen LogP contribution in [0.15, 0.2) is 24.7 Å². The maximum atomic E-state index is 14.4. The second kappa shape index (κ2) is 8.58. The summed E-state index contributed by atoms with van der Waals surface area (Å²) in [6, 6.07) is 1.25. The molecular formula is C23H28FN7O2. The van der Waals surface area contributed by atoms with E-state index in [0.29, 0.717) is 23.9 Å². The number of fused-ring (bicyclic) bond motifs is 1. The van der Waals surface area contributed by atoms with Crippen LogP contribution in [0.5, 0.6) is 5.88 Å². The van der Waals surface area contributed by atoms with Gasteiger partial charge < -0.3 is 24.7 Å². The lowest BCUT2D eigenvalue weighted by Gasteiger charge is -2.40. The number of ether oxygens (including phenoxy) is 1. The largest absolute Gasteiger partial charge is 0.477 e. The number of halogens is 1. The van der Waals surface area contributed by atoms with Gasteiger partial charge >= 0.3 is 0 Å². The number of carbonyl (C=O) groups is 1. The number of hydrogen-bond donors (Lipinski definition) is 2. The molecule has 9 nitrogen and oxygen atoms in total. The summed E-state index contributed by atoms with van der Waals surface area (Å²) in [7, 11) is 0. The second-order valence-electron chi connectivity index (χ2n) is 8.92. The van der Waals surface area contributed by atoms with Crippen LogP contribution in [-0.2, 0) is 0 Å². The molecule has 2 N–H and O–H groups in total. The van der Waals surface area contributed by atoms with Crippen molar-refractivity contribution < 1.29 is 13.9 Å². The number of amides is 1. The van der Waals surface area contributed by atoms with E-state index >= 15 is 0 Å². The summed E-state index contributed by atoms with van der Waals surface area (Å²) in [4.78, 5) is 28.4. The smallest absolute Gasteiger partial charge is 0.262 e. The molecular weight excluding hydrogens is 425 g/mol. The van der Waals surface area contributed by atoms with E-state index in [1.165, 1.54) is 18.7 Å². The molecule has 1 unspecified atom stereocenters. The van der Waals surface area contributed by atoms with Crippen LogP contribution < -0.4 is 20.3 Å². The molecule has 2 fully saturated rings. The third kappa shape index (κ3) is 4.22. The summed E-state index contributed by atoms with van der Waals surface area (Å²) in [5.41, 5.74) is 1.67. The van der Waals surface area contributed by atoms with Crippen LogP contribution in [0.4, 0.5) is 16.0 Å². The highest BCUT2D eigenvalue weighted by Gasteiger charge is 2.38. The number of pyridine rings is 1. The highest BCUT2D eigenvalue weighted by molar-refractivity contribution is 6.05. The minimum Gasteiger partial charge on any atom is -0.477 e. The van der Waals surface area contributed by atoms with Crippen molar-refractivity contribution in [3.63, 3.8) is 0 Å². The lowest BCUT2D eigenvalue weighted by molar-refractivity contribution is 0.102. The first-order valence-corrected chi connectivity index (χ1v) is 11.4. The zero-order chi connectivity index (χ0) is 23.0. The number of carbonyl (C=O) groups excluding carboxylic acids is 1. The molecule has 2 aliphatic rings. The zero-order valence-corrected chi connectivity index (χ0v) is 18.9. The second-order valence-corrected chi connectivity index (χ2v) is 8.92. The Balaban J connectivity index is 1.39. The van der Waals surface area contributed by atoms with Crippen LogP contribution in [0.3, 0.4) is 0 Å². The Labute approximate surface area is 191 Å². The van der Waals surface area contributed by atoms with E-state index in [4.69, 9.17) is 4.74 Å². The SMILES string of the molecule is CCOc1nc(N2CCCC3(CCNC3)C2)ncc1C(=O)Nc1cc(F)c2nc(C)cn2c1. The number of nitrogens with one attached hydrogen (secondary N) is 2. The maximum Gasteiger partial charge on any atom is 0.262 e. The van der Waals surface area contributed by atoms with E-state index in [1.54, 1.807) is 23.7 Å². The normalized spacial score (nSPS) is 20.5. The van der Waals surface area contributed by atoms with Gasteiger partial charge in [0.2, 0.25) is 11.8 Å². The summed E-state index contributed by atoms with van der Waals surface area (Å²) in [5, 5.41) is 6.20. The van der Waals surface area contributed by atoms with Crippen molar-refractivity contribution in [2.75, 3.05) is 43.0 Å². The highest BCUT2D eigenvalue weighted by atomic mass is 19.1. The van der Waals surface area contributed by atoms with Crippen molar-refractivity contribution in [2.45, 2.75) is 33.1 Å². The number of piperidine rings is 1. The lowest BCUT2D eigenvalue weighted by atomic mass is 9.79. The van der Waals surface area contributed by atoms with Gasteiger partial charge in [-0.2, -0.15) is 4.98 Å². The summed E-state index contributed by atoms with van der Waals surface area (Å²) >= 11 is 0. The van der Waals surface area contributed by atoms with Gasteiger partial charge in [0.15, 0.2) is 11.5 Å². The molecule has 2 saturated heterocycles. The molecule has 3 aromatic heterocycles. The van der Waals surface area contributed by atoms with Gasteiger partial charge in [-0.3, -0.25) is 4.79 Å². The van der Waals surface area contributed by atoms with Gasteiger partial charge in [0.1, 0.15) is 5.56 Å². The van der Waals surface area contributed by atoms with Crippen molar-refractivity contribution in [3.8, 4) is 5.88 Å². The summed E-state index contributed by atoms with van der Waals surface area (Å²) in [6.07, 6.45) is 8.25. The maximum absolute atomic E-state index is 14.4. The lowest BCUT2D eigenvalue weighted by Crippen LogP contribution is -2.45. The average Bonchev–Trinajstić information content (AvgIpc) is 3.40.